The maximum Gasteiger partial charge on any atom is 0.269 e. The van der Waals surface area contributed by atoms with Gasteiger partial charge in [0.25, 0.3) is 11.4 Å². The summed E-state index contributed by atoms with van der Waals surface area (Å²) in [6.45, 7) is 0. The maximum absolute atomic E-state index is 13.5. The standard InChI is InChI=1S/C27H19N3O5/c28-18-27(23-4-2-1-3-5-23)16-21(14-19-6-10-24(11-7-19)29(32)33)26(31)22(17-27)15-20-8-12-25(13-9-20)30(34)35/h1-15H,16-17H2/b21-14-,22-15-. The lowest BCUT2D eigenvalue weighted by atomic mass is 9.66. The molecule has 8 heteroatoms. The minimum Gasteiger partial charge on any atom is -0.289 e. The van der Waals surface area contributed by atoms with Crippen molar-refractivity contribution >= 4 is 29.3 Å². The van der Waals surface area contributed by atoms with Crippen molar-refractivity contribution in [3.05, 3.63) is 127 Å². The molecular formula is C27H19N3O5. The fraction of sp³-hybridized carbons (Fsp3) is 0.111. The molecule has 0 spiro atoms. The summed E-state index contributed by atoms with van der Waals surface area (Å²) in [5, 5.41) is 32.2. The van der Waals surface area contributed by atoms with Crippen molar-refractivity contribution in [3.63, 3.8) is 0 Å². The van der Waals surface area contributed by atoms with Crippen LogP contribution < -0.4 is 0 Å². The predicted octanol–water partition coefficient (Wildman–Crippen LogP) is 5.79. The molecule has 172 valence electrons. The number of non-ortho nitro benzene ring substituents is 2. The monoisotopic (exact) mass is 465 g/mol. The van der Waals surface area contributed by atoms with Crippen molar-refractivity contribution in [2.24, 2.45) is 0 Å². The largest absolute Gasteiger partial charge is 0.289 e. The van der Waals surface area contributed by atoms with Crippen LogP contribution in [0.1, 0.15) is 29.5 Å². The molecule has 4 rings (SSSR count). The second-order valence-corrected chi connectivity index (χ2v) is 8.28. The summed E-state index contributed by atoms with van der Waals surface area (Å²) >= 11 is 0. The molecule has 0 atom stereocenters. The SMILES string of the molecule is N#CC1(c2ccccc2)C/C(=C/c2ccc([N+](=O)[O-])cc2)C(=O)/C(=C\c2ccc([N+](=O)[O-])cc2)C1. The first-order valence-corrected chi connectivity index (χ1v) is 10.7. The Kier molecular flexibility index (Phi) is 6.34. The number of nitro benzene ring substituents is 2. The molecule has 1 fully saturated rings. The van der Waals surface area contributed by atoms with Crippen molar-refractivity contribution in [1.29, 1.82) is 5.26 Å². The van der Waals surface area contributed by atoms with Crippen molar-refractivity contribution in [3.8, 4) is 6.07 Å². The molecule has 0 aliphatic heterocycles. The summed E-state index contributed by atoms with van der Waals surface area (Å²) in [6.07, 6.45) is 3.68. The van der Waals surface area contributed by atoms with Gasteiger partial charge in [0.2, 0.25) is 0 Å². The second-order valence-electron chi connectivity index (χ2n) is 8.28. The van der Waals surface area contributed by atoms with Crippen LogP contribution in [0.2, 0.25) is 0 Å². The molecule has 35 heavy (non-hydrogen) atoms. The van der Waals surface area contributed by atoms with E-state index in [0.29, 0.717) is 22.3 Å². The first-order chi connectivity index (χ1) is 16.8. The van der Waals surface area contributed by atoms with E-state index in [9.17, 15) is 30.3 Å². The number of carbonyl (C=O) groups excluding carboxylic acids is 1. The molecule has 0 bridgehead atoms. The average Bonchev–Trinajstić information content (AvgIpc) is 2.87. The molecule has 8 nitrogen and oxygen atoms in total. The van der Waals surface area contributed by atoms with E-state index in [1.54, 1.807) is 36.4 Å². The number of nitrogens with zero attached hydrogens (tertiary/aromatic N) is 3. The zero-order valence-electron chi connectivity index (χ0n) is 18.5. The number of nitriles is 1. The summed E-state index contributed by atoms with van der Waals surface area (Å²) in [4.78, 5) is 34.4. The van der Waals surface area contributed by atoms with E-state index in [1.165, 1.54) is 24.3 Å². The van der Waals surface area contributed by atoms with Crippen molar-refractivity contribution in [2.75, 3.05) is 0 Å². The fourth-order valence-electron chi connectivity index (χ4n) is 4.20. The van der Waals surface area contributed by atoms with Gasteiger partial charge in [-0.05, 0) is 65.9 Å². The van der Waals surface area contributed by atoms with Crippen LogP contribution in [-0.2, 0) is 10.2 Å². The van der Waals surface area contributed by atoms with Gasteiger partial charge < -0.3 is 0 Å². The van der Waals surface area contributed by atoms with Crippen LogP contribution in [0, 0.1) is 31.6 Å². The van der Waals surface area contributed by atoms with Crippen molar-refractivity contribution < 1.29 is 14.6 Å². The predicted molar refractivity (Wildman–Crippen MR) is 130 cm³/mol. The van der Waals surface area contributed by atoms with Crippen LogP contribution in [0.5, 0.6) is 0 Å². The fourth-order valence-corrected chi connectivity index (χ4v) is 4.20. The number of benzene rings is 3. The van der Waals surface area contributed by atoms with E-state index in [1.807, 2.05) is 30.3 Å². The minimum atomic E-state index is -0.992. The Morgan fingerprint density at radius 1 is 0.743 bits per heavy atom. The smallest absolute Gasteiger partial charge is 0.269 e. The zero-order valence-corrected chi connectivity index (χ0v) is 18.5. The molecule has 3 aromatic carbocycles. The lowest BCUT2D eigenvalue weighted by Crippen LogP contribution is -2.33. The summed E-state index contributed by atoms with van der Waals surface area (Å²) in [7, 11) is 0. The van der Waals surface area contributed by atoms with E-state index in [-0.39, 0.29) is 30.0 Å². The number of carbonyl (C=O) groups is 1. The normalized spacial score (nSPS) is 19.9. The topological polar surface area (TPSA) is 127 Å². The van der Waals surface area contributed by atoms with Gasteiger partial charge in [0, 0.05) is 35.4 Å². The number of Topliss-reactive ketones (excluding diaryl/α,β-unsaturated/α-hetero) is 1. The zero-order chi connectivity index (χ0) is 25.0. The lowest BCUT2D eigenvalue weighted by Gasteiger charge is -2.33. The highest BCUT2D eigenvalue weighted by molar-refractivity contribution is 6.14. The Morgan fingerprint density at radius 2 is 1.17 bits per heavy atom. The first-order valence-electron chi connectivity index (χ1n) is 10.7. The van der Waals surface area contributed by atoms with Gasteiger partial charge in [0.05, 0.1) is 21.3 Å². The highest BCUT2D eigenvalue weighted by Crippen LogP contribution is 2.43. The third-order valence-electron chi connectivity index (χ3n) is 6.00. The van der Waals surface area contributed by atoms with Crippen LogP contribution in [0.4, 0.5) is 11.4 Å². The van der Waals surface area contributed by atoms with Crippen molar-refractivity contribution in [2.45, 2.75) is 18.3 Å². The molecule has 1 aliphatic rings. The molecule has 3 aromatic rings. The number of ketones is 1. The molecule has 1 aliphatic carbocycles. The van der Waals surface area contributed by atoms with Crippen LogP contribution in [0.25, 0.3) is 12.2 Å². The molecule has 0 amide bonds. The average molecular weight is 465 g/mol. The lowest BCUT2D eigenvalue weighted by molar-refractivity contribution is -0.385. The van der Waals surface area contributed by atoms with Gasteiger partial charge in [-0.15, -0.1) is 0 Å². The van der Waals surface area contributed by atoms with Crippen molar-refractivity contribution in [1.82, 2.24) is 0 Å². The summed E-state index contributed by atoms with van der Waals surface area (Å²) < 4.78 is 0. The van der Waals surface area contributed by atoms with E-state index < -0.39 is 15.3 Å². The van der Waals surface area contributed by atoms with Crippen LogP contribution in [-0.4, -0.2) is 15.6 Å². The molecule has 0 radical (unpaired) electrons. The molecule has 0 unspecified atom stereocenters. The first kappa shape index (κ1) is 23.3. The van der Waals surface area contributed by atoms with E-state index in [2.05, 4.69) is 6.07 Å². The quantitative estimate of drug-likeness (QED) is 0.266. The van der Waals surface area contributed by atoms with Gasteiger partial charge in [0.1, 0.15) is 0 Å². The Balaban J connectivity index is 1.80. The van der Waals surface area contributed by atoms with Crippen LogP contribution >= 0.6 is 0 Å². The number of rotatable bonds is 5. The molecule has 0 heterocycles. The van der Waals surface area contributed by atoms with Gasteiger partial charge in [0.15, 0.2) is 5.78 Å². The molecule has 0 aromatic heterocycles. The summed E-state index contributed by atoms with van der Waals surface area (Å²) in [5.41, 5.74) is 1.69. The second kappa shape index (κ2) is 9.53. The Labute approximate surface area is 200 Å². The third kappa shape index (κ3) is 4.89. The van der Waals surface area contributed by atoms with E-state index >= 15 is 0 Å². The van der Waals surface area contributed by atoms with E-state index in [4.69, 9.17) is 0 Å². The van der Waals surface area contributed by atoms with Crippen LogP contribution in [0.3, 0.4) is 0 Å². The Bertz CT molecular complexity index is 1320. The molecule has 1 saturated carbocycles. The highest BCUT2D eigenvalue weighted by Gasteiger charge is 2.41. The minimum absolute atomic E-state index is 0.0588. The number of hydrogen-bond acceptors (Lipinski definition) is 6. The highest BCUT2D eigenvalue weighted by atomic mass is 16.6. The van der Waals surface area contributed by atoms with Gasteiger partial charge in [-0.1, -0.05) is 30.3 Å². The molecule has 0 N–H and O–H groups in total. The van der Waals surface area contributed by atoms with Gasteiger partial charge in [-0.25, -0.2) is 0 Å². The Morgan fingerprint density at radius 3 is 1.54 bits per heavy atom. The molecular weight excluding hydrogens is 446 g/mol. The van der Waals surface area contributed by atoms with Gasteiger partial charge >= 0.3 is 0 Å². The maximum atomic E-state index is 13.5. The number of nitro groups is 2. The molecule has 0 saturated heterocycles. The van der Waals surface area contributed by atoms with Gasteiger partial charge in [-0.3, -0.25) is 25.0 Å². The Hall–Kier alpha value is -4.90. The summed E-state index contributed by atoms with van der Waals surface area (Å²) in [5.74, 6) is -0.233. The number of allylic oxidation sites excluding steroid dienone is 2. The third-order valence-corrected chi connectivity index (χ3v) is 6.00. The van der Waals surface area contributed by atoms with E-state index in [0.717, 1.165) is 5.56 Å². The van der Waals surface area contributed by atoms with Crippen LogP contribution in [0.15, 0.2) is 90.0 Å². The summed E-state index contributed by atoms with van der Waals surface area (Å²) in [6, 6.07) is 23.3. The van der Waals surface area contributed by atoms with Gasteiger partial charge in [-0.2, -0.15) is 5.26 Å². The number of hydrogen-bond donors (Lipinski definition) is 0.